The molecule has 0 saturated heterocycles. The van der Waals surface area contributed by atoms with Crippen molar-refractivity contribution in [1.82, 2.24) is 0 Å². The first-order valence-corrected chi connectivity index (χ1v) is 7.21. The molecule has 0 saturated carbocycles. The van der Waals surface area contributed by atoms with Crippen LogP contribution in [0.5, 0.6) is 5.75 Å². The van der Waals surface area contributed by atoms with Gasteiger partial charge < -0.3 is 9.84 Å². The summed E-state index contributed by atoms with van der Waals surface area (Å²) in [6, 6.07) is 18.1. The van der Waals surface area contributed by atoms with E-state index in [0.29, 0.717) is 6.61 Å². The number of benzene rings is 2. The first-order valence-electron chi connectivity index (χ1n) is 7.21. The lowest BCUT2D eigenvalue weighted by Crippen LogP contribution is -1.96. The number of aliphatic carboxylic acids is 1. The molecular formula is C18H20O3. The number of unbranched alkanes of at least 4 members (excludes halogenated alkanes) is 1. The first-order chi connectivity index (χ1) is 10.2. The number of carboxylic acid groups (broad SMARTS) is 1. The largest absolute Gasteiger partial charge is 0.489 e. The molecule has 1 N–H and O–H groups in total. The minimum atomic E-state index is -0.723. The predicted octanol–water partition coefficient (Wildman–Crippen LogP) is 4.06. The Morgan fingerprint density at radius 3 is 2.29 bits per heavy atom. The van der Waals surface area contributed by atoms with E-state index >= 15 is 0 Å². The molecule has 0 bridgehead atoms. The Balaban J connectivity index is 1.75. The Hall–Kier alpha value is -2.29. The zero-order chi connectivity index (χ0) is 14.9. The highest BCUT2D eigenvalue weighted by Crippen LogP contribution is 2.16. The van der Waals surface area contributed by atoms with Gasteiger partial charge >= 0.3 is 5.97 Å². The Kier molecular flexibility index (Phi) is 5.83. The average molecular weight is 284 g/mol. The minimum absolute atomic E-state index is 0.248. The van der Waals surface area contributed by atoms with Crippen LogP contribution < -0.4 is 4.74 Å². The molecule has 3 nitrogen and oxygen atoms in total. The summed E-state index contributed by atoms with van der Waals surface area (Å²) in [5, 5.41) is 8.58. The molecule has 2 aromatic carbocycles. The third kappa shape index (κ3) is 5.69. The van der Waals surface area contributed by atoms with E-state index in [1.54, 1.807) is 0 Å². The van der Waals surface area contributed by atoms with Crippen LogP contribution in [0.4, 0.5) is 0 Å². The molecule has 2 aromatic rings. The van der Waals surface area contributed by atoms with E-state index in [4.69, 9.17) is 9.84 Å². The van der Waals surface area contributed by atoms with Gasteiger partial charge in [-0.25, -0.2) is 0 Å². The van der Waals surface area contributed by atoms with E-state index in [0.717, 1.165) is 30.6 Å². The summed E-state index contributed by atoms with van der Waals surface area (Å²) in [6.07, 6.45) is 2.78. The van der Waals surface area contributed by atoms with Crippen molar-refractivity contribution in [2.45, 2.75) is 32.3 Å². The topological polar surface area (TPSA) is 46.5 Å². The van der Waals surface area contributed by atoms with Gasteiger partial charge in [0, 0.05) is 6.42 Å². The van der Waals surface area contributed by atoms with Crippen LogP contribution in [0.2, 0.25) is 0 Å². The Labute approximate surface area is 125 Å². The number of hydrogen-bond donors (Lipinski definition) is 1. The number of carboxylic acids is 1. The van der Waals surface area contributed by atoms with Crippen LogP contribution in [0.1, 0.15) is 30.4 Å². The van der Waals surface area contributed by atoms with Crippen molar-refractivity contribution in [1.29, 1.82) is 0 Å². The Morgan fingerprint density at radius 1 is 0.905 bits per heavy atom. The maximum Gasteiger partial charge on any atom is 0.303 e. The van der Waals surface area contributed by atoms with E-state index < -0.39 is 5.97 Å². The van der Waals surface area contributed by atoms with Crippen LogP contribution in [-0.4, -0.2) is 11.1 Å². The lowest BCUT2D eigenvalue weighted by molar-refractivity contribution is -0.137. The molecular weight excluding hydrogens is 264 g/mol. The van der Waals surface area contributed by atoms with Crippen LogP contribution >= 0.6 is 0 Å². The number of aryl methyl sites for hydroxylation is 1. The van der Waals surface area contributed by atoms with Gasteiger partial charge in [0.15, 0.2) is 0 Å². The van der Waals surface area contributed by atoms with Gasteiger partial charge in [-0.05, 0) is 42.5 Å². The third-order valence-electron chi connectivity index (χ3n) is 3.28. The second-order valence-electron chi connectivity index (χ2n) is 5.02. The lowest BCUT2D eigenvalue weighted by atomic mass is 10.1. The van der Waals surface area contributed by atoms with Gasteiger partial charge in [-0.1, -0.05) is 42.5 Å². The molecule has 2 rings (SSSR count). The summed E-state index contributed by atoms with van der Waals surface area (Å²) in [5.74, 6) is 0.132. The minimum Gasteiger partial charge on any atom is -0.489 e. The quantitative estimate of drug-likeness (QED) is 0.743. The summed E-state index contributed by atoms with van der Waals surface area (Å²) in [4.78, 5) is 10.4. The van der Waals surface area contributed by atoms with Gasteiger partial charge in [-0.15, -0.1) is 0 Å². The fourth-order valence-electron chi connectivity index (χ4n) is 2.10. The van der Waals surface area contributed by atoms with Crippen molar-refractivity contribution in [3.05, 3.63) is 65.7 Å². The van der Waals surface area contributed by atoms with Crippen molar-refractivity contribution >= 4 is 5.97 Å². The molecule has 0 aliphatic carbocycles. The Morgan fingerprint density at radius 2 is 1.62 bits per heavy atom. The predicted molar refractivity (Wildman–Crippen MR) is 82.4 cm³/mol. The summed E-state index contributed by atoms with van der Waals surface area (Å²) >= 11 is 0. The molecule has 3 heteroatoms. The molecule has 0 aromatic heterocycles. The molecule has 0 aliphatic rings. The first kappa shape index (κ1) is 15.1. The number of rotatable bonds is 8. The zero-order valence-corrected chi connectivity index (χ0v) is 12.0. The molecule has 21 heavy (non-hydrogen) atoms. The van der Waals surface area contributed by atoms with E-state index in [1.165, 1.54) is 5.56 Å². The maximum atomic E-state index is 10.4. The van der Waals surface area contributed by atoms with E-state index in [2.05, 4.69) is 0 Å². The number of ether oxygens (including phenoxy) is 1. The molecule has 0 atom stereocenters. The lowest BCUT2D eigenvalue weighted by Gasteiger charge is -2.07. The van der Waals surface area contributed by atoms with Crippen LogP contribution in [0.15, 0.2) is 54.6 Å². The standard InChI is InChI=1S/C18H20O3/c19-18(20)9-5-4-6-15-10-12-17(13-11-15)21-14-16-7-2-1-3-8-16/h1-3,7-8,10-13H,4-6,9,14H2,(H,19,20). The van der Waals surface area contributed by atoms with Crippen molar-refractivity contribution < 1.29 is 14.6 Å². The molecule has 0 unspecified atom stereocenters. The molecule has 0 radical (unpaired) electrons. The maximum absolute atomic E-state index is 10.4. The SMILES string of the molecule is O=C(O)CCCCc1ccc(OCc2ccccc2)cc1. The van der Waals surface area contributed by atoms with Crippen molar-refractivity contribution in [3.63, 3.8) is 0 Å². The fourth-order valence-corrected chi connectivity index (χ4v) is 2.10. The molecule has 0 amide bonds. The van der Waals surface area contributed by atoms with Crippen LogP contribution in [0.3, 0.4) is 0 Å². The van der Waals surface area contributed by atoms with Gasteiger partial charge in [0.1, 0.15) is 12.4 Å². The highest BCUT2D eigenvalue weighted by Gasteiger charge is 1.99. The summed E-state index contributed by atoms with van der Waals surface area (Å²) in [7, 11) is 0. The molecule has 0 heterocycles. The second-order valence-corrected chi connectivity index (χ2v) is 5.02. The average Bonchev–Trinajstić information content (AvgIpc) is 2.51. The van der Waals surface area contributed by atoms with E-state index in [9.17, 15) is 4.79 Å². The second kappa shape index (κ2) is 8.10. The van der Waals surface area contributed by atoms with E-state index in [1.807, 2.05) is 54.6 Å². The van der Waals surface area contributed by atoms with Crippen molar-refractivity contribution in [3.8, 4) is 5.75 Å². The monoisotopic (exact) mass is 284 g/mol. The third-order valence-corrected chi connectivity index (χ3v) is 3.28. The van der Waals surface area contributed by atoms with Gasteiger partial charge in [-0.3, -0.25) is 4.79 Å². The van der Waals surface area contributed by atoms with Gasteiger partial charge in [0.25, 0.3) is 0 Å². The number of carbonyl (C=O) groups is 1. The highest BCUT2D eigenvalue weighted by molar-refractivity contribution is 5.66. The smallest absolute Gasteiger partial charge is 0.303 e. The zero-order valence-electron chi connectivity index (χ0n) is 12.0. The summed E-state index contributed by atoms with van der Waals surface area (Å²) in [5.41, 5.74) is 2.36. The van der Waals surface area contributed by atoms with Crippen molar-refractivity contribution in [2.24, 2.45) is 0 Å². The van der Waals surface area contributed by atoms with Crippen LogP contribution in [0.25, 0.3) is 0 Å². The summed E-state index contributed by atoms with van der Waals surface area (Å²) < 4.78 is 5.73. The van der Waals surface area contributed by atoms with E-state index in [-0.39, 0.29) is 6.42 Å². The molecule has 0 spiro atoms. The van der Waals surface area contributed by atoms with Crippen LogP contribution in [-0.2, 0) is 17.8 Å². The summed E-state index contributed by atoms with van der Waals surface area (Å²) in [6.45, 7) is 0.568. The Bertz CT molecular complexity index is 546. The highest BCUT2D eigenvalue weighted by atomic mass is 16.5. The normalized spacial score (nSPS) is 10.3. The molecule has 110 valence electrons. The van der Waals surface area contributed by atoms with Crippen LogP contribution in [0, 0.1) is 0 Å². The molecule has 0 fully saturated rings. The van der Waals surface area contributed by atoms with Crippen molar-refractivity contribution in [2.75, 3.05) is 0 Å². The van der Waals surface area contributed by atoms with Gasteiger partial charge in [0.05, 0.1) is 0 Å². The molecule has 0 aliphatic heterocycles. The van der Waals surface area contributed by atoms with Gasteiger partial charge in [0.2, 0.25) is 0 Å². The van der Waals surface area contributed by atoms with Gasteiger partial charge in [-0.2, -0.15) is 0 Å². The fraction of sp³-hybridized carbons (Fsp3) is 0.278. The number of hydrogen-bond acceptors (Lipinski definition) is 2.